The molecule has 0 bridgehead atoms. The van der Waals surface area contributed by atoms with E-state index in [4.69, 9.17) is 14.6 Å². The Morgan fingerprint density at radius 2 is 2.00 bits per heavy atom. The molecule has 5 nitrogen and oxygen atoms in total. The van der Waals surface area contributed by atoms with Crippen LogP contribution < -0.4 is 0 Å². The van der Waals surface area contributed by atoms with E-state index >= 15 is 0 Å². The molecule has 0 amide bonds. The summed E-state index contributed by atoms with van der Waals surface area (Å²) in [7, 11) is 0. The van der Waals surface area contributed by atoms with Crippen LogP contribution in [-0.2, 0) is 9.47 Å². The summed E-state index contributed by atoms with van der Waals surface area (Å²) in [6.45, 7) is 4.11. The summed E-state index contributed by atoms with van der Waals surface area (Å²) in [5, 5.41) is 18.8. The highest BCUT2D eigenvalue weighted by Crippen LogP contribution is 2.24. The smallest absolute Gasteiger partial charge is 0.338 e. The van der Waals surface area contributed by atoms with Crippen LogP contribution >= 0.6 is 0 Å². The number of hydrogen-bond acceptors (Lipinski definition) is 5. The van der Waals surface area contributed by atoms with Gasteiger partial charge in [0.2, 0.25) is 0 Å². The Labute approximate surface area is 124 Å². The Balaban J connectivity index is 2.72. The minimum absolute atomic E-state index is 0.0639. The Bertz CT molecular complexity index is 481. The lowest BCUT2D eigenvalue weighted by Crippen LogP contribution is -2.15. The molecule has 0 spiro atoms. The Kier molecular flexibility index (Phi) is 7.68. The molecule has 0 fully saturated rings. The first-order chi connectivity index (χ1) is 10.1. The number of carbonyl (C=O) groups is 1. The highest BCUT2D eigenvalue weighted by Gasteiger charge is 2.18. The predicted octanol–water partition coefficient (Wildman–Crippen LogP) is 1.85. The lowest BCUT2D eigenvalue weighted by Gasteiger charge is -2.15. The minimum Gasteiger partial charge on any atom is -0.460 e. The van der Waals surface area contributed by atoms with Crippen molar-refractivity contribution in [2.45, 2.75) is 20.0 Å². The zero-order valence-corrected chi connectivity index (χ0v) is 12.4. The highest BCUT2D eigenvalue weighted by molar-refractivity contribution is 5.91. The molecule has 0 aliphatic carbocycles. The molecule has 0 radical (unpaired) electrons. The second kappa shape index (κ2) is 9.28. The molecule has 21 heavy (non-hydrogen) atoms. The average molecular weight is 294 g/mol. The van der Waals surface area contributed by atoms with Gasteiger partial charge >= 0.3 is 5.97 Å². The van der Waals surface area contributed by atoms with Crippen LogP contribution in [0.15, 0.2) is 35.9 Å². The van der Waals surface area contributed by atoms with Crippen molar-refractivity contribution in [1.82, 2.24) is 0 Å². The van der Waals surface area contributed by atoms with Crippen LogP contribution in [0.25, 0.3) is 0 Å². The van der Waals surface area contributed by atoms with E-state index in [9.17, 15) is 9.90 Å². The van der Waals surface area contributed by atoms with Crippen molar-refractivity contribution < 1.29 is 24.5 Å². The topological polar surface area (TPSA) is 76.0 Å². The zero-order chi connectivity index (χ0) is 15.7. The monoisotopic (exact) mass is 294 g/mol. The van der Waals surface area contributed by atoms with Crippen molar-refractivity contribution in [2.75, 3.05) is 26.4 Å². The largest absolute Gasteiger partial charge is 0.460 e. The van der Waals surface area contributed by atoms with Crippen molar-refractivity contribution in [3.63, 3.8) is 0 Å². The van der Waals surface area contributed by atoms with E-state index in [0.717, 1.165) is 5.57 Å². The molecule has 0 heterocycles. The van der Waals surface area contributed by atoms with Crippen LogP contribution in [0.1, 0.15) is 35.9 Å². The fraction of sp³-hybridized carbons (Fsp3) is 0.438. The number of ether oxygens (including phenoxy) is 2. The zero-order valence-electron chi connectivity index (χ0n) is 12.4. The fourth-order valence-electron chi connectivity index (χ4n) is 1.76. The van der Waals surface area contributed by atoms with E-state index in [1.165, 1.54) is 0 Å². The van der Waals surface area contributed by atoms with Gasteiger partial charge < -0.3 is 19.7 Å². The van der Waals surface area contributed by atoms with Gasteiger partial charge in [0, 0.05) is 0 Å². The third-order valence-electron chi connectivity index (χ3n) is 3.06. The van der Waals surface area contributed by atoms with Gasteiger partial charge in [-0.3, -0.25) is 0 Å². The van der Waals surface area contributed by atoms with Crippen LogP contribution in [0.4, 0.5) is 0 Å². The molecule has 0 aliphatic rings. The predicted molar refractivity (Wildman–Crippen MR) is 79.0 cm³/mol. The Morgan fingerprint density at radius 1 is 1.29 bits per heavy atom. The molecule has 5 heteroatoms. The van der Waals surface area contributed by atoms with E-state index in [-0.39, 0.29) is 26.4 Å². The van der Waals surface area contributed by atoms with Crippen molar-refractivity contribution in [3.8, 4) is 0 Å². The molecule has 2 N–H and O–H groups in total. The number of carbonyl (C=O) groups excluding carboxylic acids is 1. The molecule has 1 atom stereocenters. The van der Waals surface area contributed by atoms with E-state index in [1.54, 1.807) is 37.3 Å². The van der Waals surface area contributed by atoms with E-state index in [2.05, 4.69) is 0 Å². The second-order valence-corrected chi connectivity index (χ2v) is 4.49. The molecule has 1 rings (SSSR count). The number of rotatable bonds is 8. The lowest BCUT2D eigenvalue weighted by molar-refractivity contribution is 0.0255. The van der Waals surface area contributed by atoms with Crippen molar-refractivity contribution in [1.29, 1.82) is 0 Å². The molecule has 0 aliphatic heterocycles. The lowest BCUT2D eigenvalue weighted by atomic mass is 9.97. The summed E-state index contributed by atoms with van der Waals surface area (Å²) in [5.74, 6) is -0.499. The maximum absolute atomic E-state index is 12.1. The average Bonchev–Trinajstić information content (AvgIpc) is 2.53. The van der Waals surface area contributed by atoms with E-state index < -0.39 is 12.1 Å². The Hall–Kier alpha value is -1.69. The summed E-state index contributed by atoms with van der Waals surface area (Å²) in [6, 6.07) is 6.82. The van der Waals surface area contributed by atoms with Gasteiger partial charge in [-0.15, -0.1) is 0 Å². The van der Waals surface area contributed by atoms with Gasteiger partial charge in [0.25, 0.3) is 0 Å². The minimum atomic E-state index is -0.829. The molecule has 1 unspecified atom stereocenters. The third-order valence-corrected chi connectivity index (χ3v) is 3.06. The van der Waals surface area contributed by atoms with Crippen LogP contribution in [0.3, 0.4) is 0 Å². The fourth-order valence-corrected chi connectivity index (χ4v) is 1.76. The number of benzene rings is 1. The van der Waals surface area contributed by atoms with Gasteiger partial charge in [-0.05, 0) is 31.1 Å². The van der Waals surface area contributed by atoms with Crippen LogP contribution in [0.5, 0.6) is 0 Å². The summed E-state index contributed by atoms with van der Waals surface area (Å²) >= 11 is 0. The molecule has 116 valence electrons. The molecule has 1 aromatic rings. The van der Waals surface area contributed by atoms with Crippen molar-refractivity contribution >= 4 is 5.97 Å². The molecule has 0 aromatic heterocycles. The van der Waals surface area contributed by atoms with Gasteiger partial charge in [0.1, 0.15) is 12.7 Å². The number of esters is 1. The number of allylic oxidation sites excluding steroid dienone is 1. The summed E-state index contributed by atoms with van der Waals surface area (Å²) in [5.41, 5.74) is 1.63. The molecule has 0 saturated heterocycles. The van der Waals surface area contributed by atoms with Gasteiger partial charge in [-0.25, -0.2) is 4.79 Å². The Morgan fingerprint density at radius 3 is 2.67 bits per heavy atom. The summed E-state index contributed by atoms with van der Waals surface area (Å²) in [6.07, 6.45) is 0.972. The first kappa shape index (κ1) is 17.4. The highest BCUT2D eigenvalue weighted by atomic mass is 16.6. The number of aliphatic hydroxyl groups excluding tert-OH is 2. The van der Waals surface area contributed by atoms with Crippen molar-refractivity contribution in [3.05, 3.63) is 47.0 Å². The quantitative estimate of drug-likeness (QED) is 0.435. The second-order valence-electron chi connectivity index (χ2n) is 4.49. The van der Waals surface area contributed by atoms with Gasteiger partial charge in [0.05, 0.1) is 25.4 Å². The van der Waals surface area contributed by atoms with Crippen LogP contribution in [0.2, 0.25) is 0 Å². The molecular weight excluding hydrogens is 272 g/mol. The third kappa shape index (κ3) is 5.30. The number of aliphatic hydroxyl groups is 2. The molecular formula is C16H22O5. The van der Waals surface area contributed by atoms with Crippen LogP contribution in [-0.4, -0.2) is 42.6 Å². The summed E-state index contributed by atoms with van der Waals surface area (Å²) < 4.78 is 10.1. The van der Waals surface area contributed by atoms with Gasteiger partial charge in [-0.2, -0.15) is 0 Å². The first-order valence-electron chi connectivity index (χ1n) is 6.87. The molecule has 1 aromatic carbocycles. The maximum atomic E-state index is 12.1. The normalized spacial score (nSPS) is 13.0. The first-order valence-corrected chi connectivity index (χ1v) is 6.87. The van der Waals surface area contributed by atoms with Gasteiger partial charge in [0.15, 0.2) is 0 Å². The standard InChI is InChI=1S/C16H22O5/c1-3-12(2)15(18)13-6-4-5-7-14(13)16(19)21-11-10-20-9-8-17/h3-7,15,17-18H,8-11H2,1-2H3. The summed E-state index contributed by atoms with van der Waals surface area (Å²) in [4.78, 5) is 12.1. The van der Waals surface area contributed by atoms with Gasteiger partial charge in [-0.1, -0.05) is 24.3 Å². The van der Waals surface area contributed by atoms with Crippen LogP contribution in [0, 0.1) is 0 Å². The molecule has 0 saturated carbocycles. The van der Waals surface area contributed by atoms with Crippen molar-refractivity contribution in [2.24, 2.45) is 0 Å². The maximum Gasteiger partial charge on any atom is 0.338 e. The number of hydrogen-bond donors (Lipinski definition) is 2. The SMILES string of the molecule is CC=C(C)C(O)c1ccccc1C(=O)OCCOCCO. The van der Waals surface area contributed by atoms with E-state index in [0.29, 0.717) is 11.1 Å². The van der Waals surface area contributed by atoms with E-state index in [1.807, 2.05) is 6.92 Å².